The Labute approximate surface area is 139 Å². The number of piperidine rings is 1. The quantitative estimate of drug-likeness (QED) is 0.652. The van der Waals surface area contributed by atoms with Crippen LogP contribution in [0.15, 0.2) is 18.2 Å². The highest BCUT2D eigenvalue weighted by atomic mass is 16.6. The Morgan fingerprint density at radius 3 is 2.75 bits per heavy atom. The molecule has 1 saturated heterocycles. The topological polar surface area (TPSA) is 110 Å². The monoisotopic (exact) mass is 336 g/mol. The van der Waals surface area contributed by atoms with Gasteiger partial charge in [-0.05, 0) is 38.8 Å². The number of hydrogen-bond donors (Lipinski definition) is 1. The van der Waals surface area contributed by atoms with Gasteiger partial charge in [0.1, 0.15) is 0 Å². The molecule has 0 bridgehead atoms. The molecule has 0 aromatic heterocycles. The van der Waals surface area contributed by atoms with E-state index in [-0.39, 0.29) is 23.6 Å². The van der Waals surface area contributed by atoms with E-state index in [9.17, 15) is 24.8 Å². The summed E-state index contributed by atoms with van der Waals surface area (Å²) in [6.07, 6.45) is 1.11. The third kappa shape index (κ3) is 3.47. The zero-order valence-electron chi connectivity index (χ0n) is 13.6. The molecule has 1 aliphatic heterocycles. The summed E-state index contributed by atoms with van der Waals surface area (Å²) in [7, 11) is 0. The first-order chi connectivity index (χ1) is 11.4. The zero-order chi connectivity index (χ0) is 17.9. The van der Waals surface area contributed by atoms with Crippen LogP contribution in [-0.2, 0) is 4.79 Å². The largest absolute Gasteiger partial charge is 0.487 e. The number of amides is 1. The SMILES string of the molecule is CCOc1ccc(C(=O)N2CCC[C@H](C(=O)O)[C@@H]2C)cc1[N+](=O)[O-]. The Bertz CT molecular complexity index is 660. The molecular formula is C16H20N2O6. The Hall–Kier alpha value is -2.64. The highest BCUT2D eigenvalue weighted by Crippen LogP contribution is 2.30. The fraction of sp³-hybridized carbons (Fsp3) is 0.500. The second-order valence-electron chi connectivity index (χ2n) is 5.70. The minimum atomic E-state index is -0.933. The van der Waals surface area contributed by atoms with E-state index in [0.29, 0.717) is 19.4 Å². The number of carbonyl (C=O) groups excluding carboxylic acids is 1. The molecule has 0 saturated carbocycles. The van der Waals surface area contributed by atoms with Gasteiger partial charge in [-0.1, -0.05) is 0 Å². The summed E-state index contributed by atoms with van der Waals surface area (Å²) in [6.45, 7) is 4.12. The highest BCUT2D eigenvalue weighted by molar-refractivity contribution is 5.95. The molecule has 1 amide bonds. The maximum Gasteiger partial charge on any atom is 0.311 e. The molecule has 2 rings (SSSR count). The highest BCUT2D eigenvalue weighted by Gasteiger charge is 2.36. The molecule has 1 N–H and O–H groups in total. The van der Waals surface area contributed by atoms with Crippen molar-refractivity contribution in [3.63, 3.8) is 0 Å². The molecule has 1 aliphatic rings. The van der Waals surface area contributed by atoms with Gasteiger partial charge in [-0.2, -0.15) is 0 Å². The fourth-order valence-electron chi connectivity index (χ4n) is 3.00. The van der Waals surface area contributed by atoms with Crippen molar-refractivity contribution >= 4 is 17.6 Å². The summed E-state index contributed by atoms with van der Waals surface area (Å²) in [5.74, 6) is -1.85. The van der Waals surface area contributed by atoms with E-state index in [4.69, 9.17) is 4.74 Å². The number of carbonyl (C=O) groups is 2. The molecule has 1 aromatic carbocycles. The van der Waals surface area contributed by atoms with Crippen molar-refractivity contribution in [2.24, 2.45) is 5.92 Å². The second-order valence-corrected chi connectivity index (χ2v) is 5.70. The number of aliphatic carboxylic acids is 1. The van der Waals surface area contributed by atoms with E-state index in [1.807, 2.05) is 0 Å². The van der Waals surface area contributed by atoms with Crippen LogP contribution in [0.25, 0.3) is 0 Å². The van der Waals surface area contributed by atoms with Gasteiger partial charge < -0.3 is 14.7 Å². The average Bonchev–Trinajstić information content (AvgIpc) is 2.54. The molecule has 8 nitrogen and oxygen atoms in total. The first-order valence-electron chi connectivity index (χ1n) is 7.81. The summed E-state index contributed by atoms with van der Waals surface area (Å²) in [5.41, 5.74) is -0.120. The van der Waals surface area contributed by atoms with E-state index in [0.717, 1.165) is 0 Å². The van der Waals surface area contributed by atoms with Gasteiger partial charge in [-0.15, -0.1) is 0 Å². The molecule has 1 heterocycles. The van der Waals surface area contributed by atoms with Crippen molar-refractivity contribution in [1.29, 1.82) is 0 Å². The predicted octanol–water partition coefficient (Wildman–Crippen LogP) is 2.32. The number of ether oxygens (including phenoxy) is 1. The van der Waals surface area contributed by atoms with Crippen molar-refractivity contribution in [3.05, 3.63) is 33.9 Å². The van der Waals surface area contributed by atoms with E-state index in [1.54, 1.807) is 13.8 Å². The number of carboxylic acid groups (broad SMARTS) is 1. The third-order valence-electron chi connectivity index (χ3n) is 4.27. The van der Waals surface area contributed by atoms with E-state index >= 15 is 0 Å². The second kappa shape index (κ2) is 7.29. The van der Waals surface area contributed by atoms with Crippen LogP contribution in [0.4, 0.5) is 5.69 Å². The first kappa shape index (κ1) is 17.7. The smallest absolute Gasteiger partial charge is 0.311 e. The average molecular weight is 336 g/mol. The predicted molar refractivity (Wildman–Crippen MR) is 85.1 cm³/mol. The van der Waals surface area contributed by atoms with Crippen molar-refractivity contribution in [3.8, 4) is 5.75 Å². The number of nitro benzene ring substituents is 1. The van der Waals surface area contributed by atoms with Crippen molar-refractivity contribution < 1.29 is 24.4 Å². The Kier molecular flexibility index (Phi) is 5.38. The lowest BCUT2D eigenvalue weighted by Gasteiger charge is -2.37. The Morgan fingerprint density at radius 1 is 1.46 bits per heavy atom. The number of hydrogen-bond acceptors (Lipinski definition) is 5. The molecule has 0 unspecified atom stereocenters. The molecule has 0 spiro atoms. The van der Waals surface area contributed by atoms with E-state index in [1.165, 1.54) is 23.1 Å². The van der Waals surface area contributed by atoms with Crippen LogP contribution in [0, 0.1) is 16.0 Å². The fourth-order valence-corrected chi connectivity index (χ4v) is 3.00. The van der Waals surface area contributed by atoms with Gasteiger partial charge in [0.2, 0.25) is 0 Å². The van der Waals surface area contributed by atoms with Crippen LogP contribution in [-0.4, -0.2) is 46.0 Å². The van der Waals surface area contributed by atoms with Crippen LogP contribution in [0.5, 0.6) is 5.75 Å². The lowest BCUT2D eigenvalue weighted by atomic mass is 9.90. The van der Waals surface area contributed by atoms with Crippen LogP contribution in [0.1, 0.15) is 37.0 Å². The molecule has 24 heavy (non-hydrogen) atoms. The number of nitrogens with zero attached hydrogens (tertiary/aromatic N) is 2. The number of benzene rings is 1. The molecule has 130 valence electrons. The Morgan fingerprint density at radius 2 is 2.17 bits per heavy atom. The van der Waals surface area contributed by atoms with Crippen LogP contribution in [0.2, 0.25) is 0 Å². The number of likely N-dealkylation sites (tertiary alicyclic amines) is 1. The molecule has 0 radical (unpaired) electrons. The van der Waals surface area contributed by atoms with Crippen LogP contribution in [0.3, 0.4) is 0 Å². The summed E-state index contributed by atoms with van der Waals surface area (Å²) in [5, 5.41) is 20.4. The van der Waals surface area contributed by atoms with Gasteiger partial charge in [-0.25, -0.2) is 0 Å². The van der Waals surface area contributed by atoms with Crippen LogP contribution >= 0.6 is 0 Å². The lowest BCUT2D eigenvalue weighted by Crippen LogP contribution is -2.49. The summed E-state index contributed by atoms with van der Waals surface area (Å²) < 4.78 is 5.20. The van der Waals surface area contributed by atoms with E-state index < -0.39 is 28.8 Å². The van der Waals surface area contributed by atoms with Gasteiger partial charge in [-0.3, -0.25) is 19.7 Å². The molecule has 1 aromatic rings. The molecule has 2 atom stereocenters. The normalized spacial score (nSPS) is 20.5. The zero-order valence-corrected chi connectivity index (χ0v) is 13.6. The minimum absolute atomic E-state index is 0.106. The summed E-state index contributed by atoms with van der Waals surface area (Å²) in [4.78, 5) is 36.0. The van der Waals surface area contributed by atoms with Gasteiger partial charge >= 0.3 is 11.7 Å². The lowest BCUT2D eigenvalue weighted by molar-refractivity contribution is -0.385. The van der Waals surface area contributed by atoms with Gasteiger partial charge in [0, 0.05) is 24.2 Å². The molecule has 8 heteroatoms. The van der Waals surface area contributed by atoms with Gasteiger partial charge in [0.15, 0.2) is 5.75 Å². The van der Waals surface area contributed by atoms with Crippen molar-refractivity contribution in [1.82, 2.24) is 4.90 Å². The number of rotatable bonds is 5. The first-order valence-corrected chi connectivity index (χ1v) is 7.81. The van der Waals surface area contributed by atoms with Gasteiger partial charge in [0.25, 0.3) is 5.91 Å². The Balaban J connectivity index is 2.30. The minimum Gasteiger partial charge on any atom is -0.487 e. The molecule has 1 fully saturated rings. The molecular weight excluding hydrogens is 316 g/mol. The standard InChI is InChI=1S/C16H20N2O6/c1-3-24-14-7-6-11(9-13(14)18(22)23)15(19)17-8-4-5-12(10(17)2)16(20)21/h6-7,9-10,12H,3-5,8H2,1-2H3,(H,20,21)/t10-,12-/m0/s1. The molecule has 0 aliphatic carbocycles. The summed E-state index contributed by atoms with van der Waals surface area (Å²) >= 11 is 0. The summed E-state index contributed by atoms with van der Waals surface area (Å²) in [6, 6.07) is 3.59. The maximum atomic E-state index is 12.7. The third-order valence-corrected chi connectivity index (χ3v) is 4.27. The van der Waals surface area contributed by atoms with Crippen molar-refractivity contribution in [2.75, 3.05) is 13.2 Å². The van der Waals surface area contributed by atoms with Crippen LogP contribution < -0.4 is 4.74 Å². The number of carboxylic acids is 1. The maximum absolute atomic E-state index is 12.7. The van der Waals surface area contributed by atoms with E-state index in [2.05, 4.69) is 0 Å². The van der Waals surface area contributed by atoms with Gasteiger partial charge in [0.05, 0.1) is 17.4 Å². The number of nitro groups is 1. The van der Waals surface area contributed by atoms with Crippen molar-refractivity contribution in [2.45, 2.75) is 32.7 Å².